The van der Waals surface area contributed by atoms with Gasteiger partial charge < -0.3 is 0 Å². The van der Waals surface area contributed by atoms with Crippen LogP contribution in [0.25, 0.3) is 10.8 Å². The first-order valence-electron chi connectivity index (χ1n) is 6.49. The highest BCUT2D eigenvalue weighted by molar-refractivity contribution is 5.83. The van der Waals surface area contributed by atoms with Crippen LogP contribution in [0.3, 0.4) is 0 Å². The standard InChI is InChI=1S/C17H15FN2/c18-16-8-4-3-7-15(16)17(20-19)14-10-9-12-5-1-2-6-13(12)11-14/h1-11,17,20H,19H2. The van der Waals surface area contributed by atoms with Crippen LogP contribution in [0.1, 0.15) is 17.2 Å². The molecule has 0 saturated carbocycles. The van der Waals surface area contributed by atoms with Crippen molar-refractivity contribution in [3.05, 3.63) is 83.7 Å². The lowest BCUT2D eigenvalue weighted by Gasteiger charge is -2.18. The Morgan fingerprint density at radius 3 is 2.30 bits per heavy atom. The number of benzene rings is 3. The van der Waals surface area contributed by atoms with Crippen molar-refractivity contribution < 1.29 is 4.39 Å². The number of hydrazine groups is 1. The topological polar surface area (TPSA) is 38.0 Å². The average molecular weight is 266 g/mol. The molecule has 0 radical (unpaired) electrons. The SMILES string of the molecule is NNC(c1ccc2ccccc2c1)c1ccccc1F. The summed E-state index contributed by atoms with van der Waals surface area (Å²) in [6.07, 6.45) is 0. The van der Waals surface area contributed by atoms with Gasteiger partial charge in [-0.15, -0.1) is 0 Å². The van der Waals surface area contributed by atoms with Gasteiger partial charge in [0.05, 0.1) is 6.04 Å². The van der Waals surface area contributed by atoms with Crippen molar-refractivity contribution in [1.82, 2.24) is 5.43 Å². The highest BCUT2D eigenvalue weighted by atomic mass is 19.1. The normalized spacial score (nSPS) is 12.5. The van der Waals surface area contributed by atoms with E-state index in [1.807, 2.05) is 48.5 Å². The Bertz CT molecular complexity index is 740. The third kappa shape index (κ3) is 2.29. The van der Waals surface area contributed by atoms with Gasteiger partial charge in [0.15, 0.2) is 0 Å². The molecule has 2 nitrogen and oxygen atoms in total. The molecule has 0 spiro atoms. The Hall–Kier alpha value is -2.23. The minimum absolute atomic E-state index is 0.261. The monoisotopic (exact) mass is 266 g/mol. The highest BCUT2D eigenvalue weighted by Crippen LogP contribution is 2.26. The Morgan fingerprint density at radius 2 is 1.55 bits per heavy atom. The van der Waals surface area contributed by atoms with Gasteiger partial charge in [0.25, 0.3) is 0 Å². The lowest BCUT2D eigenvalue weighted by atomic mass is 9.96. The van der Waals surface area contributed by atoms with E-state index >= 15 is 0 Å². The van der Waals surface area contributed by atoms with Gasteiger partial charge in [-0.3, -0.25) is 5.84 Å². The van der Waals surface area contributed by atoms with Crippen molar-refractivity contribution in [2.75, 3.05) is 0 Å². The van der Waals surface area contributed by atoms with Crippen LogP contribution in [0, 0.1) is 5.82 Å². The van der Waals surface area contributed by atoms with Crippen molar-refractivity contribution in [2.45, 2.75) is 6.04 Å². The molecule has 20 heavy (non-hydrogen) atoms. The van der Waals surface area contributed by atoms with Crippen molar-refractivity contribution >= 4 is 10.8 Å². The lowest BCUT2D eigenvalue weighted by molar-refractivity contribution is 0.560. The maximum absolute atomic E-state index is 13.9. The molecular weight excluding hydrogens is 251 g/mol. The van der Waals surface area contributed by atoms with Gasteiger partial charge in [0.1, 0.15) is 5.82 Å². The number of nitrogens with two attached hydrogens (primary N) is 1. The fraction of sp³-hybridized carbons (Fsp3) is 0.0588. The van der Waals surface area contributed by atoms with E-state index in [1.165, 1.54) is 6.07 Å². The zero-order valence-corrected chi connectivity index (χ0v) is 10.9. The fourth-order valence-corrected chi connectivity index (χ4v) is 2.46. The summed E-state index contributed by atoms with van der Waals surface area (Å²) in [5.74, 6) is 5.37. The number of fused-ring (bicyclic) bond motifs is 1. The number of rotatable bonds is 3. The van der Waals surface area contributed by atoms with Crippen LogP contribution >= 0.6 is 0 Å². The van der Waals surface area contributed by atoms with E-state index in [0.29, 0.717) is 5.56 Å². The Balaban J connectivity index is 2.10. The first kappa shape index (κ1) is 12.8. The smallest absolute Gasteiger partial charge is 0.128 e. The van der Waals surface area contributed by atoms with Crippen molar-refractivity contribution in [2.24, 2.45) is 5.84 Å². The van der Waals surface area contributed by atoms with Gasteiger partial charge in [-0.1, -0.05) is 54.6 Å². The molecule has 3 aromatic rings. The van der Waals surface area contributed by atoms with Crippen LogP contribution in [-0.2, 0) is 0 Å². The Kier molecular flexibility index (Phi) is 3.46. The molecule has 0 aliphatic carbocycles. The van der Waals surface area contributed by atoms with E-state index in [2.05, 4.69) is 5.43 Å². The average Bonchev–Trinajstić information content (AvgIpc) is 2.50. The van der Waals surface area contributed by atoms with Crippen LogP contribution in [0.15, 0.2) is 66.7 Å². The van der Waals surface area contributed by atoms with E-state index < -0.39 is 0 Å². The largest absolute Gasteiger partial charge is 0.271 e. The molecule has 1 unspecified atom stereocenters. The molecule has 0 saturated heterocycles. The second-order valence-electron chi connectivity index (χ2n) is 4.73. The van der Waals surface area contributed by atoms with Crippen LogP contribution in [0.4, 0.5) is 4.39 Å². The summed E-state index contributed by atoms with van der Waals surface area (Å²) in [6.45, 7) is 0. The molecule has 3 heteroatoms. The molecule has 100 valence electrons. The molecule has 0 heterocycles. The van der Waals surface area contributed by atoms with Crippen molar-refractivity contribution in [1.29, 1.82) is 0 Å². The lowest BCUT2D eigenvalue weighted by Crippen LogP contribution is -2.29. The van der Waals surface area contributed by atoms with E-state index in [9.17, 15) is 4.39 Å². The van der Waals surface area contributed by atoms with Crippen molar-refractivity contribution in [3.63, 3.8) is 0 Å². The molecule has 0 fully saturated rings. The van der Waals surface area contributed by atoms with Crippen LogP contribution in [-0.4, -0.2) is 0 Å². The first-order valence-corrected chi connectivity index (χ1v) is 6.49. The molecule has 3 N–H and O–H groups in total. The summed E-state index contributed by atoms with van der Waals surface area (Å²) in [5.41, 5.74) is 4.19. The predicted molar refractivity (Wildman–Crippen MR) is 79.5 cm³/mol. The molecule has 3 rings (SSSR count). The quantitative estimate of drug-likeness (QED) is 0.562. The fourth-order valence-electron chi connectivity index (χ4n) is 2.46. The third-order valence-electron chi connectivity index (χ3n) is 3.49. The molecule has 0 aliphatic rings. The summed E-state index contributed by atoms with van der Waals surface area (Å²) >= 11 is 0. The summed E-state index contributed by atoms with van der Waals surface area (Å²) in [6, 6.07) is 20.4. The number of halogens is 1. The maximum Gasteiger partial charge on any atom is 0.128 e. The third-order valence-corrected chi connectivity index (χ3v) is 3.49. The zero-order valence-electron chi connectivity index (χ0n) is 10.9. The molecule has 3 aromatic carbocycles. The van der Waals surface area contributed by atoms with E-state index in [0.717, 1.165) is 16.3 Å². The Morgan fingerprint density at radius 1 is 0.850 bits per heavy atom. The van der Waals surface area contributed by atoms with Gasteiger partial charge in [0, 0.05) is 5.56 Å². The van der Waals surface area contributed by atoms with Gasteiger partial charge >= 0.3 is 0 Å². The molecule has 0 amide bonds. The van der Waals surface area contributed by atoms with E-state index in [-0.39, 0.29) is 11.9 Å². The van der Waals surface area contributed by atoms with Crippen LogP contribution in [0.2, 0.25) is 0 Å². The van der Waals surface area contributed by atoms with Gasteiger partial charge in [0.2, 0.25) is 0 Å². The summed E-state index contributed by atoms with van der Waals surface area (Å²) in [4.78, 5) is 0. The number of hydrogen-bond donors (Lipinski definition) is 2. The second-order valence-corrected chi connectivity index (χ2v) is 4.73. The van der Waals surface area contributed by atoms with Crippen LogP contribution in [0.5, 0.6) is 0 Å². The van der Waals surface area contributed by atoms with Gasteiger partial charge in [-0.2, -0.15) is 0 Å². The second kappa shape index (κ2) is 5.41. The molecule has 0 aromatic heterocycles. The zero-order chi connectivity index (χ0) is 13.9. The predicted octanol–water partition coefficient (Wildman–Crippen LogP) is 3.53. The minimum Gasteiger partial charge on any atom is -0.271 e. The van der Waals surface area contributed by atoms with Gasteiger partial charge in [-0.05, 0) is 28.5 Å². The number of nitrogens with one attached hydrogen (secondary N) is 1. The summed E-state index contributed by atoms with van der Waals surface area (Å²) in [7, 11) is 0. The highest BCUT2D eigenvalue weighted by Gasteiger charge is 2.16. The van der Waals surface area contributed by atoms with Gasteiger partial charge in [-0.25, -0.2) is 9.82 Å². The molecule has 1 atom stereocenters. The van der Waals surface area contributed by atoms with Crippen LogP contribution < -0.4 is 11.3 Å². The maximum atomic E-state index is 13.9. The summed E-state index contributed by atoms with van der Waals surface area (Å²) in [5, 5.41) is 2.27. The van der Waals surface area contributed by atoms with E-state index in [1.54, 1.807) is 12.1 Å². The minimum atomic E-state index is -0.360. The Labute approximate surface area is 117 Å². The first-order chi connectivity index (χ1) is 9.79. The number of hydrogen-bond acceptors (Lipinski definition) is 2. The van der Waals surface area contributed by atoms with E-state index in [4.69, 9.17) is 5.84 Å². The summed E-state index contributed by atoms with van der Waals surface area (Å²) < 4.78 is 13.9. The molecule has 0 aliphatic heterocycles. The molecule has 0 bridgehead atoms. The molecular formula is C17H15FN2. The van der Waals surface area contributed by atoms with Crippen molar-refractivity contribution in [3.8, 4) is 0 Å².